The largest absolute Gasteiger partial charge is 0.270 e. The summed E-state index contributed by atoms with van der Waals surface area (Å²) in [5.41, 5.74) is 5.59. The molecule has 0 saturated carbocycles. The predicted octanol–water partition coefficient (Wildman–Crippen LogP) is 3.69. The molecule has 0 saturated heterocycles. The maximum Gasteiger partial charge on any atom is 0.256 e. The van der Waals surface area contributed by atoms with Crippen molar-refractivity contribution in [2.24, 2.45) is 0 Å². The highest BCUT2D eigenvalue weighted by Gasteiger charge is 2.19. The van der Waals surface area contributed by atoms with Crippen LogP contribution in [0.2, 0.25) is 0 Å². The zero-order chi connectivity index (χ0) is 17.0. The van der Waals surface area contributed by atoms with Gasteiger partial charge in [-0.3, -0.25) is 9.20 Å². The Morgan fingerprint density at radius 3 is 2.68 bits per heavy atom. The van der Waals surface area contributed by atoms with Crippen molar-refractivity contribution < 1.29 is 4.57 Å². The number of pyridine rings is 2. The van der Waals surface area contributed by atoms with E-state index < -0.39 is 0 Å². The van der Waals surface area contributed by atoms with Crippen LogP contribution in [-0.2, 0) is 6.54 Å². The van der Waals surface area contributed by atoms with Gasteiger partial charge in [-0.2, -0.15) is 4.57 Å². The molecule has 0 aliphatic heterocycles. The molecule has 0 atom stereocenters. The third-order valence-corrected chi connectivity index (χ3v) is 4.93. The predicted molar refractivity (Wildman–Crippen MR) is 100 cm³/mol. The van der Waals surface area contributed by atoms with Crippen molar-refractivity contribution in [1.29, 1.82) is 0 Å². The molecule has 5 rings (SSSR count). The Bertz CT molecular complexity index is 1300. The lowest BCUT2D eigenvalue weighted by Gasteiger charge is -2.04. The van der Waals surface area contributed by atoms with Crippen LogP contribution in [0.15, 0.2) is 77.7 Å². The van der Waals surface area contributed by atoms with Gasteiger partial charge in [0.15, 0.2) is 12.7 Å². The first-order valence-electron chi connectivity index (χ1n) is 8.46. The summed E-state index contributed by atoms with van der Waals surface area (Å²) in [6, 6.07) is 22.4. The van der Waals surface area contributed by atoms with Crippen LogP contribution < -0.4 is 10.1 Å². The van der Waals surface area contributed by atoms with Crippen LogP contribution in [-0.4, -0.2) is 4.40 Å². The number of nitrogens with zero attached hydrogens (tertiary/aromatic N) is 2. The van der Waals surface area contributed by atoms with Crippen molar-refractivity contribution in [2.75, 3.05) is 0 Å². The van der Waals surface area contributed by atoms with E-state index in [2.05, 4.69) is 54.1 Å². The molecule has 0 spiro atoms. The topological polar surface area (TPSA) is 25.4 Å². The van der Waals surface area contributed by atoms with E-state index in [-0.39, 0.29) is 5.56 Å². The minimum Gasteiger partial charge on any atom is -0.270 e. The first-order valence-corrected chi connectivity index (χ1v) is 8.46. The van der Waals surface area contributed by atoms with Crippen molar-refractivity contribution >= 4 is 27.3 Å². The molecule has 3 heteroatoms. The summed E-state index contributed by atoms with van der Waals surface area (Å²) >= 11 is 0. The van der Waals surface area contributed by atoms with Gasteiger partial charge in [0.2, 0.25) is 5.52 Å². The monoisotopic (exact) mass is 325 g/mol. The molecule has 25 heavy (non-hydrogen) atoms. The van der Waals surface area contributed by atoms with Gasteiger partial charge in [-0.25, -0.2) is 0 Å². The minimum absolute atomic E-state index is 0.0204. The standard InChI is InChI=1S/C22H17N2O/c1-15-5-4-6-16(13-15)14-23-12-11-18-17-7-2-3-8-19(17)24-21(25)10-9-20(23)22(18)24/h2-13H,14H2,1H3/q+1. The molecule has 0 N–H and O–H groups in total. The quantitative estimate of drug-likeness (QED) is 0.455. The van der Waals surface area contributed by atoms with E-state index in [1.54, 1.807) is 6.07 Å². The van der Waals surface area contributed by atoms with Gasteiger partial charge in [-0.15, -0.1) is 0 Å². The number of rotatable bonds is 2. The molecule has 0 bridgehead atoms. The minimum atomic E-state index is 0.0204. The van der Waals surface area contributed by atoms with Gasteiger partial charge in [0.25, 0.3) is 5.56 Å². The third kappa shape index (κ3) is 2.06. The highest BCUT2D eigenvalue weighted by Crippen LogP contribution is 2.28. The van der Waals surface area contributed by atoms with E-state index in [4.69, 9.17) is 0 Å². The van der Waals surface area contributed by atoms with E-state index in [1.165, 1.54) is 11.1 Å². The average Bonchev–Trinajstić information content (AvgIpc) is 2.96. The highest BCUT2D eigenvalue weighted by atomic mass is 16.1. The van der Waals surface area contributed by atoms with Gasteiger partial charge >= 0.3 is 0 Å². The number of fused-ring (bicyclic) bond motifs is 3. The van der Waals surface area contributed by atoms with Crippen LogP contribution in [0.1, 0.15) is 11.1 Å². The summed E-state index contributed by atoms with van der Waals surface area (Å²) < 4.78 is 4.06. The molecule has 120 valence electrons. The normalized spacial score (nSPS) is 11.7. The van der Waals surface area contributed by atoms with Crippen molar-refractivity contribution in [3.8, 4) is 0 Å². The van der Waals surface area contributed by atoms with E-state index >= 15 is 0 Å². The smallest absolute Gasteiger partial charge is 0.256 e. The van der Waals surface area contributed by atoms with Crippen molar-refractivity contribution in [3.05, 3.63) is 94.4 Å². The van der Waals surface area contributed by atoms with Crippen LogP contribution in [0.4, 0.5) is 0 Å². The molecule has 0 unspecified atom stereocenters. The molecule has 0 fully saturated rings. The van der Waals surface area contributed by atoms with Gasteiger partial charge in [0.1, 0.15) is 5.52 Å². The SMILES string of the molecule is Cc1cccc(C[n+]2ccc3c4ccccc4n4c(=O)ccc2c34)c1. The van der Waals surface area contributed by atoms with Gasteiger partial charge < -0.3 is 0 Å². The Morgan fingerprint density at radius 2 is 1.80 bits per heavy atom. The first-order chi connectivity index (χ1) is 12.2. The fourth-order valence-corrected chi connectivity index (χ4v) is 3.84. The van der Waals surface area contributed by atoms with Crippen LogP contribution in [0.5, 0.6) is 0 Å². The Hall–Kier alpha value is -3.20. The maximum absolute atomic E-state index is 12.5. The second-order valence-corrected chi connectivity index (χ2v) is 6.60. The zero-order valence-corrected chi connectivity index (χ0v) is 13.9. The first kappa shape index (κ1) is 14.2. The molecule has 3 nitrogen and oxygen atoms in total. The average molecular weight is 325 g/mol. The molecule has 3 aromatic heterocycles. The van der Waals surface area contributed by atoms with Crippen LogP contribution >= 0.6 is 0 Å². The number of hydrogen-bond donors (Lipinski definition) is 0. The van der Waals surface area contributed by atoms with E-state index in [1.807, 2.05) is 28.7 Å². The van der Waals surface area contributed by atoms with Gasteiger partial charge in [-0.1, -0.05) is 42.0 Å². The summed E-state index contributed by atoms with van der Waals surface area (Å²) in [5.74, 6) is 0. The lowest BCUT2D eigenvalue weighted by atomic mass is 10.1. The molecule has 5 aromatic rings. The third-order valence-electron chi connectivity index (χ3n) is 4.93. The maximum atomic E-state index is 12.5. The molecular weight excluding hydrogens is 308 g/mol. The number of benzene rings is 2. The Kier molecular flexibility index (Phi) is 2.92. The Morgan fingerprint density at radius 1 is 0.920 bits per heavy atom. The Labute approximate surface area is 144 Å². The highest BCUT2D eigenvalue weighted by molar-refractivity contribution is 6.11. The lowest BCUT2D eigenvalue weighted by Crippen LogP contribution is -2.35. The summed E-state index contributed by atoms with van der Waals surface area (Å²) in [6.45, 7) is 2.89. The number of aromatic nitrogens is 2. The molecule has 0 aliphatic carbocycles. The molecule has 2 aromatic carbocycles. The van der Waals surface area contributed by atoms with Crippen molar-refractivity contribution in [3.63, 3.8) is 0 Å². The van der Waals surface area contributed by atoms with E-state index in [9.17, 15) is 4.79 Å². The number of para-hydroxylation sites is 1. The fourth-order valence-electron chi connectivity index (χ4n) is 3.84. The number of aryl methyl sites for hydroxylation is 1. The van der Waals surface area contributed by atoms with Gasteiger partial charge in [0.05, 0.1) is 5.52 Å². The second kappa shape index (κ2) is 5.15. The van der Waals surface area contributed by atoms with Crippen LogP contribution in [0.3, 0.4) is 0 Å². The summed E-state index contributed by atoms with van der Waals surface area (Å²) in [6.07, 6.45) is 2.12. The summed E-state index contributed by atoms with van der Waals surface area (Å²) in [4.78, 5) is 12.5. The molecule has 3 heterocycles. The lowest BCUT2D eigenvalue weighted by molar-refractivity contribution is -0.662. The number of hydrogen-bond acceptors (Lipinski definition) is 1. The van der Waals surface area contributed by atoms with E-state index in [0.29, 0.717) is 0 Å². The Balaban J connectivity index is 1.84. The van der Waals surface area contributed by atoms with E-state index in [0.717, 1.165) is 33.9 Å². The van der Waals surface area contributed by atoms with Crippen molar-refractivity contribution in [1.82, 2.24) is 4.40 Å². The van der Waals surface area contributed by atoms with Gasteiger partial charge in [-0.05, 0) is 19.1 Å². The molecule has 0 radical (unpaired) electrons. The fraction of sp³-hybridized carbons (Fsp3) is 0.0909. The second-order valence-electron chi connectivity index (χ2n) is 6.60. The molecular formula is C22H17N2O+. The van der Waals surface area contributed by atoms with Crippen molar-refractivity contribution in [2.45, 2.75) is 13.5 Å². The molecule has 0 aliphatic rings. The summed E-state index contributed by atoms with van der Waals surface area (Å²) in [5, 5.41) is 2.25. The van der Waals surface area contributed by atoms with Crippen LogP contribution in [0, 0.1) is 6.92 Å². The van der Waals surface area contributed by atoms with Gasteiger partial charge in [0, 0.05) is 34.5 Å². The summed E-state index contributed by atoms with van der Waals surface area (Å²) in [7, 11) is 0. The molecule has 0 amide bonds. The zero-order valence-electron chi connectivity index (χ0n) is 13.9. The van der Waals surface area contributed by atoms with Crippen LogP contribution in [0.25, 0.3) is 27.3 Å².